The van der Waals surface area contributed by atoms with Crippen LogP contribution in [0.15, 0.2) is 24.7 Å². The van der Waals surface area contributed by atoms with Crippen LogP contribution in [0.4, 0.5) is 11.6 Å². The van der Waals surface area contributed by atoms with E-state index >= 15 is 0 Å². The van der Waals surface area contributed by atoms with Crippen LogP contribution in [0, 0.1) is 5.92 Å². The van der Waals surface area contributed by atoms with Gasteiger partial charge >= 0.3 is 0 Å². The topological polar surface area (TPSA) is 92.2 Å². The van der Waals surface area contributed by atoms with Crippen molar-refractivity contribution in [2.75, 3.05) is 30.4 Å². The van der Waals surface area contributed by atoms with E-state index in [0.29, 0.717) is 17.0 Å². The molecule has 156 valence electrons. The first-order valence-electron chi connectivity index (χ1n) is 10.4. The molecule has 8 heteroatoms. The number of hydrogen-bond donors (Lipinski definition) is 3. The Morgan fingerprint density at radius 2 is 1.83 bits per heavy atom. The summed E-state index contributed by atoms with van der Waals surface area (Å²) >= 11 is 6.42. The molecule has 0 atom stereocenters. The lowest BCUT2D eigenvalue weighted by molar-refractivity contribution is 0.0699. The number of aliphatic hydroxyl groups is 1. The van der Waals surface area contributed by atoms with Crippen LogP contribution in [-0.4, -0.2) is 52.0 Å². The molecule has 0 spiro atoms. The average Bonchev–Trinajstić information content (AvgIpc) is 2.76. The number of aromatic nitrogens is 3. The van der Waals surface area contributed by atoms with Crippen LogP contribution < -0.4 is 10.6 Å². The van der Waals surface area contributed by atoms with Crippen LogP contribution in [0.5, 0.6) is 0 Å². The van der Waals surface area contributed by atoms with Crippen LogP contribution >= 0.6 is 11.6 Å². The molecule has 2 aliphatic rings. The number of halogens is 1. The van der Waals surface area contributed by atoms with Crippen molar-refractivity contribution in [1.29, 1.82) is 0 Å². The minimum atomic E-state index is -0.173. The Bertz CT molecular complexity index is 807. The van der Waals surface area contributed by atoms with Crippen molar-refractivity contribution in [3.63, 3.8) is 0 Å². The Labute approximate surface area is 176 Å². The molecule has 0 radical (unpaired) electrons. The van der Waals surface area contributed by atoms with Gasteiger partial charge in [-0.2, -0.15) is 0 Å². The van der Waals surface area contributed by atoms with E-state index in [4.69, 9.17) is 21.3 Å². The largest absolute Gasteiger partial charge is 0.393 e. The number of pyridine rings is 1. The van der Waals surface area contributed by atoms with Gasteiger partial charge in [0, 0.05) is 37.6 Å². The van der Waals surface area contributed by atoms with E-state index in [0.717, 1.165) is 81.2 Å². The fraction of sp³-hybridized carbons (Fsp3) is 0.571. The molecule has 2 aromatic heterocycles. The molecule has 1 saturated heterocycles. The molecule has 0 aromatic carbocycles. The molecule has 7 nitrogen and oxygen atoms in total. The van der Waals surface area contributed by atoms with Gasteiger partial charge in [-0.25, -0.2) is 9.97 Å². The Morgan fingerprint density at radius 3 is 2.62 bits per heavy atom. The normalized spacial score (nSPS) is 23.0. The number of rotatable bonds is 6. The summed E-state index contributed by atoms with van der Waals surface area (Å²) in [6.45, 7) is 2.53. The average molecular weight is 418 g/mol. The SMILES string of the molecule is OC1CCC(Nc2cc(-c3cncc(NCC4CCOCC4)n3)c(Cl)cn2)CC1. The summed E-state index contributed by atoms with van der Waals surface area (Å²) in [6.07, 6.45) is 10.6. The molecule has 0 unspecified atom stereocenters. The summed E-state index contributed by atoms with van der Waals surface area (Å²) < 4.78 is 5.42. The molecule has 1 aliphatic carbocycles. The van der Waals surface area contributed by atoms with Crippen LogP contribution in [0.2, 0.25) is 5.02 Å². The predicted octanol–water partition coefficient (Wildman–Crippen LogP) is 3.75. The molecule has 3 N–H and O–H groups in total. The second-order valence-corrected chi connectivity index (χ2v) is 8.33. The molecular weight excluding hydrogens is 390 g/mol. The highest BCUT2D eigenvalue weighted by atomic mass is 35.5. The summed E-state index contributed by atoms with van der Waals surface area (Å²) in [4.78, 5) is 13.5. The van der Waals surface area contributed by atoms with Crippen molar-refractivity contribution >= 4 is 23.2 Å². The lowest BCUT2D eigenvalue weighted by Crippen LogP contribution is -2.28. The lowest BCUT2D eigenvalue weighted by Gasteiger charge is -2.26. The second kappa shape index (κ2) is 9.69. The molecule has 29 heavy (non-hydrogen) atoms. The van der Waals surface area contributed by atoms with Crippen molar-refractivity contribution in [1.82, 2.24) is 15.0 Å². The van der Waals surface area contributed by atoms with Crippen LogP contribution in [-0.2, 0) is 4.74 Å². The maximum Gasteiger partial charge on any atom is 0.145 e. The van der Waals surface area contributed by atoms with E-state index < -0.39 is 0 Å². The first-order chi connectivity index (χ1) is 14.2. The van der Waals surface area contributed by atoms with Crippen molar-refractivity contribution in [2.24, 2.45) is 5.92 Å². The van der Waals surface area contributed by atoms with Gasteiger partial charge in [0.1, 0.15) is 11.6 Å². The fourth-order valence-corrected chi connectivity index (χ4v) is 4.12. The van der Waals surface area contributed by atoms with Gasteiger partial charge < -0.3 is 20.5 Å². The molecular formula is C21H28ClN5O2. The van der Waals surface area contributed by atoms with Crippen LogP contribution in [0.1, 0.15) is 38.5 Å². The molecule has 0 bridgehead atoms. The molecule has 3 heterocycles. The highest BCUT2D eigenvalue weighted by Gasteiger charge is 2.20. The number of anilines is 2. The quantitative estimate of drug-likeness (QED) is 0.659. The van der Waals surface area contributed by atoms with Gasteiger partial charge in [0.25, 0.3) is 0 Å². The van der Waals surface area contributed by atoms with Crippen molar-refractivity contribution in [3.05, 3.63) is 29.7 Å². The third kappa shape index (κ3) is 5.56. The van der Waals surface area contributed by atoms with Crippen molar-refractivity contribution in [2.45, 2.75) is 50.7 Å². The summed E-state index contributed by atoms with van der Waals surface area (Å²) in [7, 11) is 0. The Balaban J connectivity index is 1.44. The Morgan fingerprint density at radius 1 is 1.03 bits per heavy atom. The van der Waals surface area contributed by atoms with Gasteiger partial charge in [-0.3, -0.25) is 4.98 Å². The zero-order chi connectivity index (χ0) is 20.1. The van der Waals surface area contributed by atoms with Gasteiger partial charge in [-0.15, -0.1) is 0 Å². The molecule has 1 saturated carbocycles. The van der Waals surface area contributed by atoms with E-state index in [1.807, 2.05) is 6.07 Å². The number of nitrogens with zero attached hydrogens (tertiary/aromatic N) is 3. The zero-order valence-electron chi connectivity index (χ0n) is 16.5. The van der Waals surface area contributed by atoms with E-state index in [9.17, 15) is 5.11 Å². The van der Waals surface area contributed by atoms with Gasteiger partial charge in [0.2, 0.25) is 0 Å². The van der Waals surface area contributed by atoms with Crippen molar-refractivity contribution < 1.29 is 9.84 Å². The first kappa shape index (κ1) is 20.3. The number of aliphatic hydroxyl groups excluding tert-OH is 1. The standard InChI is InChI=1S/C21H28ClN5O2/c22-18-11-25-20(26-15-1-3-16(28)4-2-15)9-17(18)19-12-23-13-21(27-19)24-10-14-5-7-29-8-6-14/h9,11-16,28H,1-8,10H2,(H,24,27)(H,25,26). The van der Waals surface area contributed by atoms with Gasteiger partial charge in [-0.05, 0) is 50.5 Å². The van der Waals surface area contributed by atoms with Gasteiger partial charge in [0.15, 0.2) is 0 Å². The highest BCUT2D eigenvalue weighted by molar-refractivity contribution is 6.33. The Kier molecular flexibility index (Phi) is 6.79. The second-order valence-electron chi connectivity index (χ2n) is 7.93. The summed E-state index contributed by atoms with van der Waals surface area (Å²) in [6, 6.07) is 2.25. The van der Waals surface area contributed by atoms with Crippen molar-refractivity contribution in [3.8, 4) is 11.3 Å². The third-order valence-electron chi connectivity index (χ3n) is 5.73. The molecule has 2 fully saturated rings. The predicted molar refractivity (Wildman–Crippen MR) is 114 cm³/mol. The number of ether oxygens (including phenoxy) is 1. The Hall–Kier alpha value is -1.96. The monoisotopic (exact) mass is 417 g/mol. The smallest absolute Gasteiger partial charge is 0.145 e. The number of hydrogen-bond acceptors (Lipinski definition) is 7. The summed E-state index contributed by atoms with van der Waals surface area (Å²) in [5.41, 5.74) is 1.53. The lowest BCUT2D eigenvalue weighted by atomic mass is 9.93. The zero-order valence-corrected chi connectivity index (χ0v) is 17.2. The minimum Gasteiger partial charge on any atom is -0.393 e. The fourth-order valence-electron chi connectivity index (χ4n) is 3.92. The van der Waals surface area contributed by atoms with E-state index in [2.05, 4.69) is 20.6 Å². The van der Waals surface area contributed by atoms with Crippen LogP contribution in [0.25, 0.3) is 11.3 Å². The highest BCUT2D eigenvalue weighted by Crippen LogP contribution is 2.30. The molecule has 4 rings (SSSR count). The molecule has 1 aliphatic heterocycles. The first-order valence-corrected chi connectivity index (χ1v) is 10.8. The summed E-state index contributed by atoms with van der Waals surface area (Å²) in [5.74, 6) is 2.12. The minimum absolute atomic E-state index is 0.173. The van der Waals surface area contributed by atoms with Gasteiger partial charge in [0.05, 0.1) is 29.2 Å². The van der Waals surface area contributed by atoms with E-state index in [1.54, 1.807) is 18.6 Å². The number of nitrogens with one attached hydrogen (secondary N) is 2. The van der Waals surface area contributed by atoms with E-state index in [1.165, 1.54) is 0 Å². The van der Waals surface area contributed by atoms with Crippen LogP contribution in [0.3, 0.4) is 0 Å². The van der Waals surface area contributed by atoms with E-state index in [-0.39, 0.29) is 6.10 Å². The molecule has 0 amide bonds. The summed E-state index contributed by atoms with van der Waals surface area (Å²) in [5, 5.41) is 17.1. The van der Waals surface area contributed by atoms with Gasteiger partial charge in [-0.1, -0.05) is 11.6 Å². The third-order valence-corrected chi connectivity index (χ3v) is 6.03. The molecule has 2 aromatic rings. The maximum atomic E-state index is 9.69. The maximum absolute atomic E-state index is 9.69.